The van der Waals surface area contributed by atoms with Crippen LogP contribution < -0.4 is 11.1 Å². The summed E-state index contributed by atoms with van der Waals surface area (Å²) in [7, 11) is 1.83. The highest BCUT2D eigenvalue weighted by Crippen LogP contribution is 2.30. The average Bonchev–Trinajstić information content (AvgIpc) is 3.03. The number of nitrogens with zero attached hydrogens (tertiary/aromatic N) is 3. The summed E-state index contributed by atoms with van der Waals surface area (Å²) >= 11 is 7.52. The number of hydrogen-bond donors (Lipinski definition) is 2. The number of amides is 2. The van der Waals surface area contributed by atoms with E-state index in [-0.39, 0.29) is 5.91 Å². The number of halogens is 1. The third-order valence-corrected chi connectivity index (χ3v) is 5.50. The molecule has 3 N–H and O–H groups in total. The standard InChI is InChI=1S/C19H18ClN5O2S/c1-11(18(27)22-13-9-7-12(8-10-13)16(21)26)28-19-24-23-17(25(19)2)14-5-3-4-6-15(14)20/h3-11H,1-2H3,(H2,21,26)(H,22,27). The minimum Gasteiger partial charge on any atom is -0.366 e. The first kappa shape index (κ1) is 19.9. The number of hydrogen-bond acceptors (Lipinski definition) is 5. The van der Waals surface area contributed by atoms with Crippen molar-refractivity contribution in [3.63, 3.8) is 0 Å². The number of aromatic nitrogens is 3. The summed E-state index contributed by atoms with van der Waals surface area (Å²) in [6, 6.07) is 13.8. The van der Waals surface area contributed by atoms with Gasteiger partial charge in [-0.3, -0.25) is 9.59 Å². The van der Waals surface area contributed by atoms with E-state index in [1.54, 1.807) is 41.8 Å². The Bertz CT molecular complexity index is 1020. The van der Waals surface area contributed by atoms with Gasteiger partial charge in [0.15, 0.2) is 11.0 Å². The third kappa shape index (κ3) is 4.35. The quantitative estimate of drug-likeness (QED) is 0.601. The predicted octanol–water partition coefficient (Wildman–Crippen LogP) is 3.35. The number of rotatable bonds is 6. The lowest BCUT2D eigenvalue weighted by Crippen LogP contribution is -2.23. The molecule has 0 aliphatic carbocycles. The Morgan fingerprint density at radius 3 is 2.46 bits per heavy atom. The molecule has 3 rings (SSSR count). The van der Waals surface area contributed by atoms with Gasteiger partial charge in [0.05, 0.1) is 10.3 Å². The van der Waals surface area contributed by atoms with Crippen molar-refractivity contribution in [1.82, 2.24) is 14.8 Å². The van der Waals surface area contributed by atoms with Gasteiger partial charge in [0, 0.05) is 23.9 Å². The summed E-state index contributed by atoms with van der Waals surface area (Å²) in [5.74, 6) is -0.0831. The predicted molar refractivity (Wildman–Crippen MR) is 110 cm³/mol. The first-order chi connectivity index (χ1) is 13.4. The number of benzene rings is 2. The van der Waals surface area contributed by atoms with Crippen molar-refractivity contribution in [3.05, 3.63) is 59.1 Å². The van der Waals surface area contributed by atoms with E-state index in [1.165, 1.54) is 11.8 Å². The molecule has 1 atom stereocenters. The molecule has 1 aromatic heterocycles. The maximum absolute atomic E-state index is 12.5. The lowest BCUT2D eigenvalue weighted by Gasteiger charge is -2.12. The third-order valence-electron chi connectivity index (χ3n) is 4.04. The van der Waals surface area contributed by atoms with Crippen LogP contribution in [-0.4, -0.2) is 31.8 Å². The van der Waals surface area contributed by atoms with Crippen molar-refractivity contribution in [3.8, 4) is 11.4 Å². The Morgan fingerprint density at radius 1 is 1.14 bits per heavy atom. The minimum atomic E-state index is -0.515. The summed E-state index contributed by atoms with van der Waals surface area (Å²) in [4.78, 5) is 23.6. The summed E-state index contributed by atoms with van der Waals surface area (Å²) < 4.78 is 1.80. The number of carbonyl (C=O) groups excluding carboxylic acids is 2. The summed E-state index contributed by atoms with van der Waals surface area (Å²) in [5, 5.41) is 11.9. The van der Waals surface area contributed by atoms with Gasteiger partial charge in [-0.25, -0.2) is 0 Å². The van der Waals surface area contributed by atoms with Crippen LogP contribution in [0, 0.1) is 0 Å². The maximum Gasteiger partial charge on any atom is 0.248 e. The van der Waals surface area contributed by atoms with Crippen molar-refractivity contribution in [2.75, 3.05) is 5.32 Å². The second kappa shape index (κ2) is 8.45. The normalized spacial score (nSPS) is 11.8. The van der Waals surface area contributed by atoms with Crippen molar-refractivity contribution in [2.45, 2.75) is 17.3 Å². The number of nitrogens with two attached hydrogens (primary N) is 1. The molecule has 0 saturated heterocycles. The van der Waals surface area contributed by atoms with E-state index in [1.807, 2.05) is 25.2 Å². The van der Waals surface area contributed by atoms with Crippen LogP contribution in [0.1, 0.15) is 17.3 Å². The van der Waals surface area contributed by atoms with E-state index in [0.717, 1.165) is 5.56 Å². The molecule has 0 aliphatic rings. The molecular formula is C19H18ClN5O2S. The molecule has 1 heterocycles. The van der Waals surface area contributed by atoms with Gasteiger partial charge in [-0.15, -0.1) is 10.2 Å². The van der Waals surface area contributed by atoms with Crippen molar-refractivity contribution in [1.29, 1.82) is 0 Å². The molecular weight excluding hydrogens is 398 g/mol. The van der Waals surface area contributed by atoms with Crippen molar-refractivity contribution < 1.29 is 9.59 Å². The minimum absolute atomic E-state index is 0.195. The van der Waals surface area contributed by atoms with E-state index in [2.05, 4.69) is 15.5 Å². The zero-order valence-corrected chi connectivity index (χ0v) is 16.8. The van der Waals surface area contributed by atoms with Crippen LogP contribution in [0.4, 0.5) is 5.69 Å². The molecule has 0 aliphatic heterocycles. The van der Waals surface area contributed by atoms with Gasteiger partial charge in [-0.2, -0.15) is 0 Å². The van der Waals surface area contributed by atoms with Crippen molar-refractivity contribution in [2.24, 2.45) is 12.8 Å². The molecule has 0 fully saturated rings. The number of carbonyl (C=O) groups is 2. The molecule has 0 saturated carbocycles. The zero-order chi connectivity index (χ0) is 20.3. The smallest absolute Gasteiger partial charge is 0.248 e. The second-order valence-electron chi connectivity index (χ2n) is 6.04. The average molecular weight is 416 g/mol. The first-order valence-corrected chi connectivity index (χ1v) is 9.64. The van der Waals surface area contributed by atoms with E-state index in [0.29, 0.717) is 27.3 Å². The Labute approximate surface area is 171 Å². The second-order valence-corrected chi connectivity index (χ2v) is 7.75. The van der Waals surface area contributed by atoms with Gasteiger partial charge in [-0.1, -0.05) is 35.5 Å². The molecule has 7 nitrogen and oxygen atoms in total. The first-order valence-electron chi connectivity index (χ1n) is 8.38. The van der Waals surface area contributed by atoms with Crippen LogP contribution in [-0.2, 0) is 11.8 Å². The summed E-state index contributed by atoms with van der Waals surface area (Å²) in [6.07, 6.45) is 0. The van der Waals surface area contributed by atoms with Crippen LogP contribution in [0.3, 0.4) is 0 Å². The van der Waals surface area contributed by atoms with E-state index >= 15 is 0 Å². The fraction of sp³-hybridized carbons (Fsp3) is 0.158. The Morgan fingerprint density at radius 2 is 1.82 bits per heavy atom. The molecule has 2 aromatic carbocycles. The number of thioether (sulfide) groups is 1. The van der Waals surface area contributed by atoms with Crippen LogP contribution in [0.25, 0.3) is 11.4 Å². The van der Waals surface area contributed by atoms with E-state index in [4.69, 9.17) is 17.3 Å². The monoisotopic (exact) mass is 415 g/mol. The number of anilines is 1. The van der Waals surface area contributed by atoms with Gasteiger partial charge in [-0.05, 0) is 43.3 Å². The topological polar surface area (TPSA) is 103 Å². The highest BCUT2D eigenvalue weighted by Gasteiger charge is 2.20. The fourth-order valence-electron chi connectivity index (χ4n) is 2.47. The molecule has 0 radical (unpaired) electrons. The lowest BCUT2D eigenvalue weighted by molar-refractivity contribution is -0.115. The Hall–Kier alpha value is -2.84. The lowest BCUT2D eigenvalue weighted by atomic mass is 10.2. The largest absolute Gasteiger partial charge is 0.366 e. The van der Waals surface area contributed by atoms with E-state index < -0.39 is 11.2 Å². The van der Waals surface area contributed by atoms with Crippen LogP contribution in [0.2, 0.25) is 5.02 Å². The van der Waals surface area contributed by atoms with Gasteiger partial charge in [0.1, 0.15) is 0 Å². The van der Waals surface area contributed by atoms with Gasteiger partial charge in [0.2, 0.25) is 11.8 Å². The maximum atomic E-state index is 12.5. The van der Waals surface area contributed by atoms with Gasteiger partial charge < -0.3 is 15.6 Å². The molecule has 28 heavy (non-hydrogen) atoms. The Kier molecular flexibility index (Phi) is 6.01. The zero-order valence-electron chi connectivity index (χ0n) is 15.2. The van der Waals surface area contributed by atoms with Crippen LogP contribution >= 0.6 is 23.4 Å². The highest BCUT2D eigenvalue weighted by molar-refractivity contribution is 8.00. The Balaban J connectivity index is 1.69. The van der Waals surface area contributed by atoms with Crippen LogP contribution in [0.15, 0.2) is 53.7 Å². The highest BCUT2D eigenvalue weighted by atomic mass is 35.5. The molecule has 0 bridgehead atoms. The summed E-state index contributed by atoms with van der Waals surface area (Å²) in [6.45, 7) is 1.78. The fourth-order valence-corrected chi connectivity index (χ4v) is 3.50. The number of nitrogens with one attached hydrogen (secondary N) is 1. The summed E-state index contributed by atoms with van der Waals surface area (Å²) in [5.41, 5.74) is 6.95. The van der Waals surface area contributed by atoms with Crippen LogP contribution in [0.5, 0.6) is 0 Å². The molecule has 0 spiro atoms. The molecule has 144 valence electrons. The van der Waals surface area contributed by atoms with Gasteiger partial charge in [0.25, 0.3) is 0 Å². The molecule has 3 aromatic rings. The molecule has 2 amide bonds. The number of primary amides is 1. The van der Waals surface area contributed by atoms with Crippen molar-refractivity contribution >= 4 is 40.9 Å². The molecule has 1 unspecified atom stereocenters. The van der Waals surface area contributed by atoms with E-state index in [9.17, 15) is 9.59 Å². The SMILES string of the molecule is CC(Sc1nnc(-c2ccccc2Cl)n1C)C(=O)Nc1ccc(C(N)=O)cc1. The molecule has 9 heteroatoms. The van der Waals surface area contributed by atoms with Gasteiger partial charge >= 0.3 is 0 Å².